The lowest BCUT2D eigenvalue weighted by atomic mass is 10.2. The first kappa shape index (κ1) is 12.0. The van der Waals surface area contributed by atoms with Crippen molar-refractivity contribution in [2.45, 2.75) is 57.0 Å². The van der Waals surface area contributed by atoms with E-state index in [1.165, 1.54) is 44.2 Å². The Morgan fingerprint density at radius 2 is 2.17 bits per heavy atom. The van der Waals surface area contributed by atoms with Crippen molar-refractivity contribution in [3.63, 3.8) is 0 Å². The van der Waals surface area contributed by atoms with Crippen molar-refractivity contribution in [3.8, 4) is 0 Å². The Kier molecular flexibility index (Phi) is 3.50. The lowest BCUT2D eigenvalue weighted by Crippen LogP contribution is -2.38. The number of guanidine groups is 1. The lowest BCUT2D eigenvalue weighted by molar-refractivity contribution is 0.625. The van der Waals surface area contributed by atoms with Gasteiger partial charge in [-0.3, -0.25) is 0 Å². The molecule has 4 nitrogen and oxygen atoms in total. The zero-order chi connectivity index (χ0) is 12.4. The van der Waals surface area contributed by atoms with E-state index in [-0.39, 0.29) is 0 Å². The number of hydrogen-bond donors (Lipinski definition) is 2. The summed E-state index contributed by atoms with van der Waals surface area (Å²) in [7, 11) is 0. The molecule has 1 aromatic rings. The van der Waals surface area contributed by atoms with Crippen molar-refractivity contribution < 1.29 is 0 Å². The summed E-state index contributed by atoms with van der Waals surface area (Å²) in [5.41, 5.74) is 7.15. The van der Waals surface area contributed by atoms with Gasteiger partial charge in [-0.15, -0.1) is 11.3 Å². The minimum Gasteiger partial charge on any atom is -0.370 e. The normalized spacial score (nSPS) is 21.4. The van der Waals surface area contributed by atoms with E-state index in [2.05, 4.69) is 20.7 Å². The van der Waals surface area contributed by atoms with Gasteiger partial charge in [0.05, 0.1) is 12.2 Å². The Hall–Kier alpha value is -1.10. The minimum absolute atomic E-state index is 0.534. The van der Waals surface area contributed by atoms with Crippen LogP contribution in [0.4, 0.5) is 0 Å². The monoisotopic (exact) mass is 264 g/mol. The zero-order valence-electron chi connectivity index (χ0n) is 10.6. The molecule has 98 valence electrons. The lowest BCUT2D eigenvalue weighted by Gasteiger charge is -2.11. The molecule has 0 bridgehead atoms. The van der Waals surface area contributed by atoms with Crippen molar-refractivity contribution >= 4 is 17.3 Å². The Morgan fingerprint density at radius 1 is 1.39 bits per heavy atom. The van der Waals surface area contributed by atoms with Crippen molar-refractivity contribution in [2.75, 3.05) is 0 Å². The van der Waals surface area contributed by atoms with Crippen LogP contribution in [-0.2, 0) is 6.54 Å². The summed E-state index contributed by atoms with van der Waals surface area (Å²) < 4.78 is 0. The predicted molar refractivity (Wildman–Crippen MR) is 74.8 cm³/mol. The summed E-state index contributed by atoms with van der Waals surface area (Å²) in [6.07, 6.45) is 7.67. The second kappa shape index (κ2) is 5.26. The first-order chi connectivity index (χ1) is 8.81. The van der Waals surface area contributed by atoms with E-state index in [1.54, 1.807) is 11.3 Å². The average Bonchev–Trinajstić information content (AvgIpc) is 2.90. The quantitative estimate of drug-likeness (QED) is 0.648. The molecule has 0 amide bonds. The average molecular weight is 264 g/mol. The summed E-state index contributed by atoms with van der Waals surface area (Å²) >= 11 is 1.70. The Morgan fingerprint density at radius 3 is 2.89 bits per heavy atom. The van der Waals surface area contributed by atoms with Gasteiger partial charge in [0.1, 0.15) is 5.01 Å². The van der Waals surface area contributed by atoms with E-state index in [9.17, 15) is 0 Å². The van der Waals surface area contributed by atoms with Crippen LogP contribution in [0.1, 0.15) is 55.1 Å². The van der Waals surface area contributed by atoms with Gasteiger partial charge in [0.15, 0.2) is 5.96 Å². The highest BCUT2D eigenvalue weighted by Gasteiger charge is 2.25. The molecule has 1 aromatic heterocycles. The van der Waals surface area contributed by atoms with Crippen LogP contribution in [0.3, 0.4) is 0 Å². The molecule has 0 unspecified atom stereocenters. The van der Waals surface area contributed by atoms with E-state index in [4.69, 9.17) is 5.73 Å². The number of nitrogens with one attached hydrogen (secondary N) is 1. The van der Waals surface area contributed by atoms with Crippen LogP contribution < -0.4 is 11.1 Å². The van der Waals surface area contributed by atoms with E-state index < -0.39 is 0 Å². The first-order valence-corrected chi connectivity index (χ1v) is 7.70. The van der Waals surface area contributed by atoms with Gasteiger partial charge in [-0.2, -0.15) is 0 Å². The van der Waals surface area contributed by atoms with Crippen molar-refractivity contribution in [1.82, 2.24) is 10.3 Å². The van der Waals surface area contributed by atoms with Crippen molar-refractivity contribution in [2.24, 2.45) is 10.7 Å². The standard InChI is InChI=1S/C13H20N4S/c14-13(16-10-3-1-2-4-10)15-7-12-17-11(8-18-12)9-5-6-9/h8-10H,1-7H2,(H3,14,15,16). The molecule has 18 heavy (non-hydrogen) atoms. The number of rotatable bonds is 4. The van der Waals surface area contributed by atoms with Gasteiger partial charge in [-0.25, -0.2) is 9.98 Å². The summed E-state index contributed by atoms with van der Waals surface area (Å²) in [6.45, 7) is 0.614. The highest BCUT2D eigenvalue weighted by atomic mass is 32.1. The third kappa shape index (κ3) is 3.02. The molecule has 0 aromatic carbocycles. The predicted octanol–water partition coefficient (Wildman–Crippen LogP) is 2.37. The molecule has 5 heteroatoms. The van der Waals surface area contributed by atoms with Gasteiger partial charge < -0.3 is 11.1 Å². The van der Waals surface area contributed by atoms with Crippen molar-refractivity contribution in [3.05, 3.63) is 16.1 Å². The smallest absolute Gasteiger partial charge is 0.189 e. The fourth-order valence-electron chi connectivity index (χ4n) is 2.44. The summed E-state index contributed by atoms with van der Waals surface area (Å²) in [4.78, 5) is 8.99. The molecular weight excluding hydrogens is 244 g/mol. The maximum atomic E-state index is 5.90. The van der Waals surface area contributed by atoms with Crippen LogP contribution in [0.2, 0.25) is 0 Å². The second-order valence-corrected chi connectivity index (χ2v) is 6.21. The molecule has 0 saturated heterocycles. The molecular formula is C13H20N4S. The number of aromatic nitrogens is 1. The Labute approximate surface area is 112 Å². The van der Waals surface area contributed by atoms with Crippen LogP contribution in [0.5, 0.6) is 0 Å². The molecule has 1 heterocycles. The maximum Gasteiger partial charge on any atom is 0.189 e. The van der Waals surface area contributed by atoms with Crippen LogP contribution >= 0.6 is 11.3 Å². The zero-order valence-corrected chi connectivity index (χ0v) is 11.4. The molecule has 3 rings (SSSR count). The summed E-state index contributed by atoms with van der Waals surface area (Å²) in [5, 5.41) is 6.54. The maximum absolute atomic E-state index is 5.90. The topological polar surface area (TPSA) is 63.3 Å². The van der Waals surface area contributed by atoms with Gasteiger partial charge >= 0.3 is 0 Å². The van der Waals surface area contributed by atoms with E-state index in [1.807, 2.05) is 0 Å². The molecule has 2 aliphatic carbocycles. The van der Waals surface area contributed by atoms with E-state index in [0.29, 0.717) is 18.5 Å². The van der Waals surface area contributed by atoms with E-state index >= 15 is 0 Å². The third-order valence-corrected chi connectivity index (χ3v) is 4.51. The van der Waals surface area contributed by atoms with E-state index in [0.717, 1.165) is 10.9 Å². The number of thiazole rings is 1. The van der Waals surface area contributed by atoms with Gasteiger partial charge in [-0.1, -0.05) is 12.8 Å². The number of nitrogens with zero attached hydrogens (tertiary/aromatic N) is 2. The highest BCUT2D eigenvalue weighted by molar-refractivity contribution is 7.09. The SMILES string of the molecule is NC(=NCc1nc(C2CC2)cs1)NC1CCCC1. The first-order valence-electron chi connectivity index (χ1n) is 6.82. The summed E-state index contributed by atoms with van der Waals surface area (Å²) in [5.74, 6) is 1.30. The molecule has 3 N–H and O–H groups in total. The van der Waals surface area contributed by atoms with Gasteiger partial charge in [0.2, 0.25) is 0 Å². The number of aliphatic imine (C=N–C) groups is 1. The Bertz CT molecular complexity index is 430. The van der Waals surface area contributed by atoms with Crippen LogP contribution in [-0.4, -0.2) is 17.0 Å². The molecule has 2 aliphatic rings. The second-order valence-electron chi connectivity index (χ2n) is 5.27. The fraction of sp³-hybridized carbons (Fsp3) is 0.692. The van der Waals surface area contributed by atoms with Gasteiger partial charge in [0.25, 0.3) is 0 Å². The third-order valence-electron chi connectivity index (χ3n) is 3.66. The van der Waals surface area contributed by atoms with Crippen LogP contribution in [0, 0.1) is 0 Å². The summed E-state index contributed by atoms with van der Waals surface area (Å²) in [6, 6.07) is 0.534. The fourth-order valence-corrected chi connectivity index (χ4v) is 3.24. The molecule has 0 radical (unpaired) electrons. The van der Waals surface area contributed by atoms with Crippen LogP contribution in [0.25, 0.3) is 0 Å². The van der Waals surface area contributed by atoms with Crippen LogP contribution in [0.15, 0.2) is 10.4 Å². The largest absolute Gasteiger partial charge is 0.370 e. The minimum atomic E-state index is 0.534. The molecule has 2 fully saturated rings. The molecule has 0 spiro atoms. The number of nitrogens with two attached hydrogens (primary N) is 1. The highest BCUT2D eigenvalue weighted by Crippen LogP contribution is 2.40. The number of hydrogen-bond acceptors (Lipinski definition) is 3. The molecule has 2 saturated carbocycles. The van der Waals surface area contributed by atoms with Gasteiger partial charge in [-0.05, 0) is 25.7 Å². The van der Waals surface area contributed by atoms with Gasteiger partial charge in [0, 0.05) is 17.3 Å². The molecule has 0 atom stereocenters. The molecule has 0 aliphatic heterocycles. The Balaban J connectivity index is 1.51. The van der Waals surface area contributed by atoms with Crippen molar-refractivity contribution in [1.29, 1.82) is 0 Å².